The van der Waals surface area contributed by atoms with Gasteiger partial charge in [-0.25, -0.2) is 0 Å². The van der Waals surface area contributed by atoms with Crippen LogP contribution in [0.2, 0.25) is 0 Å². The minimum Gasteiger partial charge on any atom is -0.315 e. The second kappa shape index (κ2) is 18.7. The van der Waals surface area contributed by atoms with Crippen molar-refractivity contribution in [2.75, 3.05) is 4.90 Å². The van der Waals surface area contributed by atoms with Gasteiger partial charge in [-0.05, 0) is 138 Å². The Morgan fingerprint density at radius 1 is 0.709 bits per heavy atom. The van der Waals surface area contributed by atoms with E-state index in [1.807, 2.05) is 0 Å². The van der Waals surface area contributed by atoms with Gasteiger partial charge in [0.05, 0.1) is 5.70 Å². The zero-order chi connectivity index (χ0) is 38.6. The Morgan fingerprint density at radius 3 is 2.15 bits per heavy atom. The number of hydrogen-bond acceptors (Lipinski definition) is 1. The molecule has 4 aromatic rings. The van der Waals surface area contributed by atoms with E-state index in [1.54, 1.807) is 0 Å². The number of fused-ring (bicyclic) bond motifs is 3. The van der Waals surface area contributed by atoms with E-state index in [9.17, 15) is 0 Å². The maximum atomic E-state index is 4.54. The van der Waals surface area contributed by atoms with Crippen molar-refractivity contribution in [1.29, 1.82) is 0 Å². The number of anilines is 1. The van der Waals surface area contributed by atoms with Gasteiger partial charge in [0.2, 0.25) is 0 Å². The van der Waals surface area contributed by atoms with Crippen molar-refractivity contribution in [1.82, 2.24) is 0 Å². The molecule has 0 aromatic heterocycles. The van der Waals surface area contributed by atoms with Crippen LogP contribution < -0.4 is 4.90 Å². The van der Waals surface area contributed by atoms with Gasteiger partial charge in [-0.2, -0.15) is 0 Å². The number of hydrogen-bond donors (Lipinski definition) is 0. The van der Waals surface area contributed by atoms with Crippen LogP contribution in [0.5, 0.6) is 0 Å². The van der Waals surface area contributed by atoms with Crippen molar-refractivity contribution in [2.24, 2.45) is 0 Å². The van der Waals surface area contributed by atoms with Gasteiger partial charge in [0.15, 0.2) is 0 Å². The van der Waals surface area contributed by atoms with Gasteiger partial charge in [-0.3, -0.25) is 0 Å². The van der Waals surface area contributed by atoms with Crippen LogP contribution >= 0.6 is 0 Å². The van der Waals surface area contributed by atoms with E-state index in [-0.39, 0.29) is 0 Å². The standard InChI is InChI=1S/C54H53N/c1-7-8-9-10-11-14-24-41(4)37-52-43(6)26-16-12-15-25-42(5)51(39-54(52)55(40(2)3)47-30-17-13-18-31-47)44-28-23-29-45(36-35-44)53-38-46-27-19-20-32-48(46)49-33-21-22-34-50(49)53/h7-8,10-11,13-22,24-36,38-39H,2,4,9,12,23,37H2,1,3,5-6H3/b8-7-,11-10-,24-14-,25-15-,26-16-,51-42+,52-43+,54-39+. The van der Waals surface area contributed by atoms with E-state index in [4.69, 9.17) is 0 Å². The molecule has 0 spiro atoms. The van der Waals surface area contributed by atoms with Gasteiger partial charge in [0, 0.05) is 11.4 Å². The molecule has 0 radical (unpaired) electrons. The summed E-state index contributed by atoms with van der Waals surface area (Å²) in [5.74, 6) is 0. The second-order valence-electron chi connectivity index (χ2n) is 14.2. The maximum absolute atomic E-state index is 4.54. The third kappa shape index (κ3) is 9.50. The molecule has 4 aromatic carbocycles. The Labute approximate surface area is 329 Å². The molecule has 0 amide bonds. The van der Waals surface area contributed by atoms with E-state index in [0.717, 1.165) is 41.9 Å². The van der Waals surface area contributed by atoms with Gasteiger partial charge in [0.25, 0.3) is 0 Å². The molecule has 0 atom stereocenters. The minimum atomic E-state index is 0.688. The minimum absolute atomic E-state index is 0.688. The molecule has 0 heterocycles. The Hall–Kier alpha value is -6.18. The van der Waals surface area contributed by atoms with E-state index in [1.165, 1.54) is 60.5 Å². The number of nitrogens with zero attached hydrogens (tertiary/aromatic N) is 1. The molecule has 0 N–H and O–H groups in total. The van der Waals surface area contributed by atoms with Crippen molar-refractivity contribution in [3.8, 4) is 0 Å². The highest BCUT2D eigenvalue weighted by molar-refractivity contribution is 6.12. The van der Waals surface area contributed by atoms with Crippen LogP contribution in [0.3, 0.4) is 0 Å². The molecule has 0 bridgehead atoms. The molecule has 1 heteroatoms. The molecule has 0 aliphatic heterocycles. The average Bonchev–Trinajstić information content (AvgIpc) is 3.46. The number of para-hydroxylation sites is 1. The van der Waals surface area contributed by atoms with Crippen molar-refractivity contribution in [3.63, 3.8) is 0 Å². The lowest BCUT2D eigenvalue weighted by atomic mass is 9.91. The molecular formula is C54H53N. The Bertz CT molecular complexity index is 2420. The van der Waals surface area contributed by atoms with Crippen molar-refractivity contribution in [2.45, 2.75) is 53.4 Å². The zero-order valence-corrected chi connectivity index (χ0v) is 32.9. The lowest BCUT2D eigenvalue weighted by Gasteiger charge is -2.31. The third-order valence-corrected chi connectivity index (χ3v) is 10.1. The molecule has 0 fully saturated rings. The first-order valence-corrected chi connectivity index (χ1v) is 19.4. The van der Waals surface area contributed by atoms with Crippen molar-refractivity contribution in [3.05, 3.63) is 240 Å². The van der Waals surface area contributed by atoms with Crippen LogP contribution in [-0.4, -0.2) is 0 Å². The summed E-state index contributed by atoms with van der Waals surface area (Å²) in [6.07, 6.45) is 36.8. The summed E-state index contributed by atoms with van der Waals surface area (Å²) in [6, 6.07) is 30.4. The van der Waals surface area contributed by atoms with Crippen LogP contribution in [0.25, 0.3) is 27.1 Å². The van der Waals surface area contributed by atoms with Crippen LogP contribution in [0.15, 0.2) is 234 Å². The Balaban J connectivity index is 1.48. The van der Waals surface area contributed by atoms with Crippen LogP contribution in [0.1, 0.15) is 58.9 Å². The predicted molar refractivity (Wildman–Crippen MR) is 243 cm³/mol. The molecule has 2 aliphatic rings. The first-order valence-electron chi connectivity index (χ1n) is 19.4. The number of rotatable bonds is 11. The highest BCUT2D eigenvalue weighted by atomic mass is 15.2. The van der Waals surface area contributed by atoms with E-state index in [0.29, 0.717) is 6.42 Å². The molecule has 0 unspecified atom stereocenters. The summed E-state index contributed by atoms with van der Waals surface area (Å²) < 4.78 is 0. The van der Waals surface area contributed by atoms with E-state index in [2.05, 4.69) is 222 Å². The van der Waals surface area contributed by atoms with Gasteiger partial charge in [0.1, 0.15) is 0 Å². The Kier molecular flexibility index (Phi) is 13.1. The van der Waals surface area contributed by atoms with Gasteiger partial charge < -0.3 is 4.90 Å². The summed E-state index contributed by atoms with van der Waals surface area (Å²) in [5.41, 5.74) is 12.6. The molecule has 6 rings (SSSR count). The summed E-state index contributed by atoms with van der Waals surface area (Å²) in [4.78, 5) is 2.31. The summed E-state index contributed by atoms with van der Waals surface area (Å²) in [7, 11) is 0. The highest BCUT2D eigenvalue weighted by Crippen LogP contribution is 2.38. The SMILES string of the molecule is C=C(/C=C\C=C/C/C=C\C)CC1=C(C)\C=C/C/C=C\C(C)=C(C2=CCC=C(c3cc4ccccc4c4ccccc34)C=C2)/C=C\1N(C(=C)C)c1ccccc1. The van der Waals surface area contributed by atoms with Gasteiger partial charge in [-0.1, -0.05) is 171 Å². The number of allylic oxidation sites excluding steroid dienone is 23. The first kappa shape index (κ1) is 38.5. The fraction of sp³-hybridized carbons (Fsp3) is 0.148. The quantitative estimate of drug-likeness (QED) is 0.0849. The first-order chi connectivity index (χ1) is 26.9. The normalized spacial score (nSPS) is 20.3. The summed E-state index contributed by atoms with van der Waals surface area (Å²) in [6.45, 7) is 17.7. The fourth-order valence-electron chi connectivity index (χ4n) is 7.35. The van der Waals surface area contributed by atoms with Crippen molar-refractivity contribution < 1.29 is 0 Å². The van der Waals surface area contributed by atoms with E-state index >= 15 is 0 Å². The van der Waals surface area contributed by atoms with Crippen LogP contribution in [0, 0.1) is 0 Å². The topological polar surface area (TPSA) is 3.24 Å². The fourth-order valence-corrected chi connectivity index (χ4v) is 7.35. The van der Waals surface area contributed by atoms with Crippen LogP contribution in [0.4, 0.5) is 5.69 Å². The average molecular weight is 716 g/mol. The monoisotopic (exact) mass is 715 g/mol. The summed E-state index contributed by atoms with van der Waals surface area (Å²) >= 11 is 0. The largest absolute Gasteiger partial charge is 0.315 e. The smallest absolute Gasteiger partial charge is 0.0502 e. The zero-order valence-electron chi connectivity index (χ0n) is 32.9. The van der Waals surface area contributed by atoms with Gasteiger partial charge >= 0.3 is 0 Å². The molecule has 55 heavy (non-hydrogen) atoms. The van der Waals surface area contributed by atoms with E-state index < -0.39 is 0 Å². The lowest BCUT2D eigenvalue weighted by molar-refractivity contribution is 1.02. The maximum Gasteiger partial charge on any atom is 0.0502 e. The number of benzene rings is 4. The second-order valence-corrected chi connectivity index (χ2v) is 14.2. The molecule has 2 aliphatic carbocycles. The molecule has 274 valence electrons. The molecule has 1 nitrogen and oxygen atoms in total. The molecule has 0 saturated heterocycles. The lowest BCUT2D eigenvalue weighted by Crippen LogP contribution is -2.22. The summed E-state index contributed by atoms with van der Waals surface area (Å²) in [5, 5.41) is 5.10. The Morgan fingerprint density at radius 2 is 1.38 bits per heavy atom. The molecular weight excluding hydrogens is 663 g/mol. The van der Waals surface area contributed by atoms with Crippen LogP contribution in [-0.2, 0) is 0 Å². The highest BCUT2D eigenvalue weighted by Gasteiger charge is 2.21. The van der Waals surface area contributed by atoms with Crippen molar-refractivity contribution >= 4 is 32.8 Å². The molecule has 0 saturated carbocycles. The predicted octanol–water partition coefficient (Wildman–Crippen LogP) is 15.4. The third-order valence-electron chi connectivity index (χ3n) is 10.1. The van der Waals surface area contributed by atoms with Gasteiger partial charge in [-0.15, -0.1) is 0 Å².